The minimum atomic E-state index is 0.210. The van der Waals surface area contributed by atoms with Crippen molar-refractivity contribution in [2.24, 2.45) is 0 Å². The minimum absolute atomic E-state index is 0.210. The first-order valence-electron chi connectivity index (χ1n) is 6.70. The van der Waals surface area contributed by atoms with Gasteiger partial charge in [0.15, 0.2) is 0 Å². The first kappa shape index (κ1) is 14.9. The van der Waals surface area contributed by atoms with Gasteiger partial charge in [-0.1, -0.05) is 13.8 Å². The average Bonchev–Trinajstić information content (AvgIpc) is 2.78. The second kappa shape index (κ2) is 7.31. The van der Waals surface area contributed by atoms with Gasteiger partial charge in [-0.15, -0.1) is 0 Å². The maximum Gasteiger partial charge on any atom is 0.0971 e. The van der Waals surface area contributed by atoms with E-state index in [-0.39, 0.29) is 12.2 Å². The zero-order valence-electron chi connectivity index (χ0n) is 11.9. The Kier molecular flexibility index (Phi) is 6.41. The third-order valence-electron chi connectivity index (χ3n) is 3.91. The van der Waals surface area contributed by atoms with E-state index < -0.39 is 0 Å². The summed E-state index contributed by atoms with van der Waals surface area (Å²) in [6.45, 7) is 9.66. The fourth-order valence-corrected chi connectivity index (χ4v) is 2.73. The molecule has 4 heteroatoms. The van der Waals surface area contributed by atoms with Gasteiger partial charge >= 0.3 is 0 Å². The van der Waals surface area contributed by atoms with Gasteiger partial charge in [-0.25, -0.2) is 0 Å². The minimum Gasteiger partial charge on any atom is -0.377 e. The molecule has 1 fully saturated rings. The Morgan fingerprint density at radius 1 is 1.18 bits per heavy atom. The third-order valence-corrected chi connectivity index (χ3v) is 3.91. The topological polar surface area (TPSA) is 33.7 Å². The zero-order valence-corrected chi connectivity index (χ0v) is 11.9. The zero-order chi connectivity index (χ0) is 12.8. The Hall–Kier alpha value is -0.160. The van der Waals surface area contributed by atoms with E-state index in [1.54, 1.807) is 14.2 Å². The molecule has 102 valence electrons. The van der Waals surface area contributed by atoms with Crippen LogP contribution in [0.4, 0.5) is 0 Å². The Labute approximate surface area is 106 Å². The van der Waals surface area contributed by atoms with Crippen molar-refractivity contribution in [1.29, 1.82) is 0 Å². The molecule has 0 radical (unpaired) electrons. The summed E-state index contributed by atoms with van der Waals surface area (Å²) in [4.78, 5) is 2.47. The molecule has 1 saturated heterocycles. The SMILES string of the molecule is CCNC(CC)C(C)N1CC(OC)C(OC)C1. The van der Waals surface area contributed by atoms with Gasteiger partial charge in [0.1, 0.15) is 0 Å². The number of hydrogen-bond acceptors (Lipinski definition) is 4. The highest BCUT2D eigenvalue weighted by Crippen LogP contribution is 2.20. The first-order chi connectivity index (χ1) is 8.17. The molecule has 0 aromatic heterocycles. The number of methoxy groups -OCH3 is 2. The molecule has 1 aliphatic heterocycles. The van der Waals surface area contributed by atoms with Crippen molar-refractivity contribution in [2.45, 2.75) is 51.5 Å². The molecule has 0 aliphatic carbocycles. The molecule has 1 N–H and O–H groups in total. The summed E-state index contributed by atoms with van der Waals surface area (Å²) in [5, 5.41) is 3.55. The lowest BCUT2D eigenvalue weighted by Crippen LogP contribution is -2.47. The highest BCUT2D eigenvalue weighted by Gasteiger charge is 2.36. The van der Waals surface area contributed by atoms with Crippen molar-refractivity contribution in [3.63, 3.8) is 0 Å². The van der Waals surface area contributed by atoms with E-state index in [0.29, 0.717) is 12.1 Å². The molecular formula is C13H28N2O2. The summed E-state index contributed by atoms with van der Waals surface area (Å²) in [6, 6.07) is 1.07. The van der Waals surface area contributed by atoms with E-state index in [9.17, 15) is 0 Å². The summed E-state index contributed by atoms with van der Waals surface area (Å²) >= 11 is 0. The predicted molar refractivity (Wildman–Crippen MR) is 70.4 cm³/mol. The van der Waals surface area contributed by atoms with E-state index in [1.807, 2.05) is 0 Å². The van der Waals surface area contributed by atoms with Crippen LogP contribution in [0.1, 0.15) is 27.2 Å². The smallest absolute Gasteiger partial charge is 0.0971 e. The molecule has 0 amide bonds. The van der Waals surface area contributed by atoms with Gasteiger partial charge in [0.2, 0.25) is 0 Å². The second-order valence-electron chi connectivity index (χ2n) is 4.82. The first-order valence-corrected chi connectivity index (χ1v) is 6.70. The molecule has 17 heavy (non-hydrogen) atoms. The predicted octanol–water partition coefficient (Wildman–Crippen LogP) is 1.11. The molecule has 0 spiro atoms. The number of nitrogens with zero attached hydrogens (tertiary/aromatic N) is 1. The molecular weight excluding hydrogens is 216 g/mol. The average molecular weight is 244 g/mol. The summed E-state index contributed by atoms with van der Waals surface area (Å²) in [7, 11) is 3.54. The van der Waals surface area contributed by atoms with Crippen LogP contribution < -0.4 is 5.32 Å². The Morgan fingerprint density at radius 3 is 2.06 bits per heavy atom. The number of ether oxygens (including phenoxy) is 2. The summed E-state index contributed by atoms with van der Waals surface area (Å²) < 4.78 is 11.0. The van der Waals surface area contributed by atoms with E-state index >= 15 is 0 Å². The van der Waals surface area contributed by atoms with Crippen LogP contribution in [0.25, 0.3) is 0 Å². The summed E-state index contributed by atoms with van der Waals surface area (Å²) in [5.41, 5.74) is 0. The third kappa shape index (κ3) is 3.65. The normalized spacial score (nSPS) is 29.5. The molecule has 0 aromatic carbocycles. The maximum atomic E-state index is 5.48. The Balaban J connectivity index is 2.55. The maximum absolute atomic E-state index is 5.48. The number of rotatable bonds is 7. The standard InChI is InChI=1S/C13H28N2O2/c1-6-11(14-7-2)10(3)15-8-12(16-4)13(9-15)17-5/h10-14H,6-9H2,1-5H3. The van der Waals surface area contributed by atoms with Crippen LogP contribution in [-0.2, 0) is 9.47 Å². The van der Waals surface area contributed by atoms with Gasteiger partial charge < -0.3 is 14.8 Å². The summed E-state index contributed by atoms with van der Waals surface area (Å²) in [6.07, 6.45) is 1.57. The van der Waals surface area contributed by atoms with Crippen LogP contribution >= 0.6 is 0 Å². The van der Waals surface area contributed by atoms with Crippen LogP contribution in [-0.4, -0.2) is 63.0 Å². The van der Waals surface area contributed by atoms with Crippen molar-refractivity contribution in [2.75, 3.05) is 33.9 Å². The molecule has 1 heterocycles. The molecule has 1 rings (SSSR count). The lowest BCUT2D eigenvalue weighted by Gasteiger charge is -2.31. The van der Waals surface area contributed by atoms with Crippen LogP contribution in [0.5, 0.6) is 0 Å². The van der Waals surface area contributed by atoms with Crippen LogP contribution in [0.15, 0.2) is 0 Å². The van der Waals surface area contributed by atoms with Gasteiger partial charge in [0, 0.05) is 39.4 Å². The molecule has 0 aromatic rings. The molecule has 0 saturated carbocycles. The van der Waals surface area contributed by atoms with E-state index in [2.05, 4.69) is 31.0 Å². The molecule has 0 bridgehead atoms. The number of likely N-dealkylation sites (N-methyl/N-ethyl adjacent to an activating group) is 1. The van der Waals surface area contributed by atoms with E-state index in [1.165, 1.54) is 0 Å². The largest absolute Gasteiger partial charge is 0.377 e. The van der Waals surface area contributed by atoms with Crippen LogP contribution in [0.2, 0.25) is 0 Å². The van der Waals surface area contributed by atoms with Crippen LogP contribution in [0.3, 0.4) is 0 Å². The monoisotopic (exact) mass is 244 g/mol. The second-order valence-corrected chi connectivity index (χ2v) is 4.82. The van der Waals surface area contributed by atoms with E-state index in [4.69, 9.17) is 9.47 Å². The molecule has 4 unspecified atom stereocenters. The summed E-state index contributed by atoms with van der Waals surface area (Å²) in [5.74, 6) is 0. The number of nitrogens with one attached hydrogen (secondary N) is 1. The number of likely N-dealkylation sites (tertiary alicyclic amines) is 1. The van der Waals surface area contributed by atoms with Gasteiger partial charge in [0.25, 0.3) is 0 Å². The quantitative estimate of drug-likeness (QED) is 0.727. The van der Waals surface area contributed by atoms with Gasteiger partial charge in [0.05, 0.1) is 12.2 Å². The lowest BCUT2D eigenvalue weighted by atomic mass is 10.1. The fourth-order valence-electron chi connectivity index (χ4n) is 2.73. The van der Waals surface area contributed by atoms with Crippen LogP contribution in [0, 0.1) is 0 Å². The van der Waals surface area contributed by atoms with Gasteiger partial charge in [-0.3, -0.25) is 4.90 Å². The van der Waals surface area contributed by atoms with Crippen molar-refractivity contribution in [1.82, 2.24) is 10.2 Å². The van der Waals surface area contributed by atoms with Crippen molar-refractivity contribution in [3.05, 3.63) is 0 Å². The highest BCUT2D eigenvalue weighted by atomic mass is 16.5. The van der Waals surface area contributed by atoms with Crippen molar-refractivity contribution >= 4 is 0 Å². The molecule has 4 atom stereocenters. The Morgan fingerprint density at radius 2 is 1.71 bits per heavy atom. The number of hydrogen-bond donors (Lipinski definition) is 1. The highest BCUT2D eigenvalue weighted by molar-refractivity contribution is 4.91. The van der Waals surface area contributed by atoms with Crippen molar-refractivity contribution < 1.29 is 9.47 Å². The van der Waals surface area contributed by atoms with Gasteiger partial charge in [-0.05, 0) is 19.9 Å². The van der Waals surface area contributed by atoms with Crippen molar-refractivity contribution in [3.8, 4) is 0 Å². The lowest BCUT2D eigenvalue weighted by molar-refractivity contribution is -0.00461. The molecule has 1 aliphatic rings. The fraction of sp³-hybridized carbons (Fsp3) is 1.00. The Bertz CT molecular complexity index is 202. The van der Waals surface area contributed by atoms with E-state index in [0.717, 1.165) is 26.1 Å². The van der Waals surface area contributed by atoms with Gasteiger partial charge in [-0.2, -0.15) is 0 Å². The molecule has 4 nitrogen and oxygen atoms in total.